The van der Waals surface area contributed by atoms with Gasteiger partial charge < -0.3 is 9.72 Å². The Kier molecular flexibility index (Phi) is 4.83. The van der Waals surface area contributed by atoms with E-state index in [9.17, 15) is 9.59 Å². The van der Waals surface area contributed by atoms with E-state index in [4.69, 9.17) is 0 Å². The van der Waals surface area contributed by atoms with Gasteiger partial charge in [0.05, 0.1) is 7.11 Å². The Labute approximate surface area is 98.8 Å². The van der Waals surface area contributed by atoms with Gasteiger partial charge in [-0.25, -0.2) is 4.98 Å². The molecule has 15 heavy (non-hydrogen) atoms. The maximum atomic E-state index is 11.0. The number of hydrogen-bond acceptors (Lipinski definition) is 5. The predicted molar refractivity (Wildman–Crippen MR) is 60.3 cm³/mol. The van der Waals surface area contributed by atoms with Gasteiger partial charge in [-0.05, 0) is 0 Å². The first-order valence-electron chi connectivity index (χ1n) is 4.03. The lowest BCUT2D eigenvalue weighted by molar-refractivity contribution is -0.139. The third-order valence-electron chi connectivity index (χ3n) is 1.47. The zero-order valence-corrected chi connectivity index (χ0v) is 10.3. The lowest BCUT2D eigenvalue weighted by Crippen LogP contribution is -2.18. The number of carbonyl (C=O) groups is 1. The van der Waals surface area contributed by atoms with Crippen LogP contribution in [0.2, 0.25) is 0 Å². The molecule has 0 spiro atoms. The molecule has 0 saturated carbocycles. The van der Waals surface area contributed by atoms with E-state index < -0.39 is 4.83 Å². The summed E-state index contributed by atoms with van der Waals surface area (Å²) in [6, 6.07) is 1.33. The molecule has 0 fully saturated rings. The first-order valence-corrected chi connectivity index (χ1v) is 5.93. The number of ether oxygens (including phenoxy) is 1. The molecule has 0 saturated heterocycles. The molecular weight excluding hydrogens is 284 g/mol. The number of halogens is 1. The Morgan fingerprint density at radius 3 is 3.13 bits per heavy atom. The van der Waals surface area contributed by atoms with Gasteiger partial charge in [-0.1, -0.05) is 27.7 Å². The lowest BCUT2D eigenvalue weighted by Gasteiger charge is -2.05. The van der Waals surface area contributed by atoms with E-state index in [-0.39, 0.29) is 11.5 Å². The van der Waals surface area contributed by atoms with Crippen LogP contribution in [0.5, 0.6) is 0 Å². The number of thioether (sulfide) groups is 1. The molecule has 1 unspecified atom stereocenters. The zero-order chi connectivity index (χ0) is 11.3. The molecule has 82 valence electrons. The number of nitrogens with zero attached hydrogens (tertiary/aromatic N) is 1. The zero-order valence-electron chi connectivity index (χ0n) is 7.90. The van der Waals surface area contributed by atoms with Crippen LogP contribution in [-0.4, -0.2) is 33.6 Å². The number of carbonyl (C=O) groups excluding carboxylic acids is 1. The number of aromatic amines is 1. The van der Waals surface area contributed by atoms with Gasteiger partial charge >= 0.3 is 5.97 Å². The summed E-state index contributed by atoms with van der Waals surface area (Å²) in [6.45, 7) is 0. The van der Waals surface area contributed by atoms with Crippen molar-refractivity contribution in [3.8, 4) is 0 Å². The maximum Gasteiger partial charge on any atom is 0.320 e. The van der Waals surface area contributed by atoms with E-state index in [1.54, 1.807) is 0 Å². The first-order chi connectivity index (χ1) is 7.13. The van der Waals surface area contributed by atoms with Gasteiger partial charge in [0.1, 0.15) is 4.83 Å². The number of methoxy groups -OCH3 is 1. The van der Waals surface area contributed by atoms with Crippen molar-refractivity contribution in [1.82, 2.24) is 9.97 Å². The van der Waals surface area contributed by atoms with Gasteiger partial charge in [0.15, 0.2) is 5.16 Å². The van der Waals surface area contributed by atoms with Crippen molar-refractivity contribution < 1.29 is 9.53 Å². The minimum absolute atomic E-state index is 0.211. The summed E-state index contributed by atoms with van der Waals surface area (Å²) in [4.78, 5) is 28.0. The van der Waals surface area contributed by atoms with E-state index in [1.165, 1.54) is 31.1 Å². The Balaban J connectivity index is 2.50. The Hall–Kier alpha value is -0.820. The number of alkyl halides is 1. The standard InChI is InChI=1S/C8H9BrN2O3S/c1-14-7(13)5(9)4-15-8-10-3-2-6(12)11-8/h2-3,5H,4H2,1H3,(H,10,11,12). The van der Waals surface area contributed by atoms with E-state index >= 15 is 0 Å². The van der Waals surface area contributed by atoms with E-state index in [0.29, 0.717) is 10.9 Å². The summed E-state index contributed by atoms with van der Waals surface area (Å²) in [5.74, 6) is 0.0976. The van der Waals surface area contributed by atoms with Crippen molar-refractivity contribution in [1.29, 1.82) is 0 Å². The van der Waals surface area contributed by atoms with Crippen LogP contribution in [0.4, 0.5) is 0 Å². The summed E-state index contributed by atoms with van der Waals surface area (Å²) in [5, 5.41) is 0.482. The quantitative estimate of drug-likeness (QED) is 0.385. The second kappa shape index (κ2) is 5.92. The van der Waals surface area contributed by atoms with Gasteiger partial charge in [-0.3, -0.25) is 9.59 Å². The van der Waals surface area contributed by atoms with Crippen LogP contribution >= 0.6 is 27.7 Å². The van der Waals surface area contributed by atoms with Crippen molar-refractivity contribution in [3.63, 3.8) is 0 Å². The predicted octanol–water partition coefficient (Wildman–Crippen LogP) is 0.798. The molecule has 7 heteroatoms. The van der Waals surface area contributed by atoms with Crippen LogP contribution in [0.1, 0.15) is 0 Å². The third kappa shape index (κ3) is 4.05. The van der Waals surface area contributed by atoms with Crippen LogP contribution in [0, 0.1) is 0 Å². The van der Waals surface area contributed by atoms with E-state index in [1.807, 2.05) is 0 Å². The molecule has 1 aromatic heterocycles. The Morgan fingerprint density at radius 2 is 2.53 bits per heavy atom. The molecule has 1 N–H and O–H groups in total. The van der Waals surface area contributed by atoms with E-state index in [0.717, 1.165) is 0 Å². The highest BCUT2D eigenvalue weighted by Gasteiger charge is 2.15. The monoisotopic (exact) mass is 292 g/mol. The molecule has 0 radical (unpaired) electrons. The highest BCUT2D eigenvalue weighted by Crippen LogP contribution is 2.16. The van der Waals surface area contributed by atoms with Crippen LogP contribution < -0.4 is 5.56 Å². The minimum Gasteiger partial charge on any atom is -0.468 e. The van der Waals surface area contributed by atoms with Crippen molar-refractivity contribution in [2.45, 2.75) is 9.98 Å². The first kappa shape index (κ1) is 12.3. The number of aromatic nitrogens is 2. The van der Waals surface area contributed by atoms with Gasteiger partial charge in [0.25, 0.3) is 5.56 Å². The van der Waals surface area contributed by atoms with Crippen molar-refractivity contribution in [2.75, 3.05) is 12.9 Å². The number of H-pyrrole nitrogens is 1. The Bertz CT molecular complexity index is 395. The number of nitrogens with one attached hydrogen (secondary N) is 1. The molecule has 1 aromatic rings. The highest BCUT2D eigenvalue weighted by atomic mass is 79.9. The molecule has 1 atom stereocenters. The molecule has 0 aromatic carbocycles. The fourth-order valence-corrected chi connectivity index (χ4v) is 2.11. The molecule has 1 rings (SSSR count). The second-order valence-electron chi connectivity index (χ2n) is 2.54. The van der Waals surface area contributed by atoms with Gasteiger partial charge in [0.2, 0.25) is 0 Å². The topological polar surface area (TPSA) is 72.0 Å². The molecular formula is C8H9BrN2O3S. The smallest absolute Gasteiger partial charge is 0.320 e. The maximum absolute atomic E-state index is 11.0. The molecule has 0 aliphatic heterocycles. The van der Waals surface area contributed by atoms with Gasteiger partial charge in [-0.2, -0.15) is 0 Å². The highest BCUT2D eigenvalue weighted by molar-refractivity contribution is 9.10. The number of rotatable bonds is 4. The SMILES string of the molecule is COC(=O)C(Br)CSc1nccc(=O)[nH]1. The summed E-state index contributed by atoms with van der Waals surface area (Å²) in [6.07, 6.45) is 1.42. The van der Waals surface area contributed by atoms with Gasteiger partial charge in [0, 0.05) is 18.0 Å². The molecule has 1 heterocycles. The summed E-state index contributed by atoms with van der Waals surface area (Å²) in [5.41, 5.74) is -0.211. The minimum atomic E-state index is -0.405. The normalized spacial score (nSPS) is 12.1. The van der Waals surface area contributed by atoms with Crippen LogP contribution in [0.25, 0.3) is 0 Å². The lowest BCUT2D eigenvalue weighted by atomic mass is 10.5. The third-order valence-corrected chi connectivity index (χ3v) is 3.58. The molecule has 0 amide bonds. The molecule has 0 aliphatic rings. The number of hydrogen-bond donors (Lipinski definition) is 1. The molecule has 0 bridgehead atoms. The van der Waals surface area contributed by atoms with Crippen LogP contribution in [-0.2, 0) is 9.53 Å². The largest absolute Gasteiger partial charge is 0.468 e. The van der Waals surface area contributed by atoms with Crippen molar-refractivity contribution >= 4 is 33.7 Å². The molecule has 0 aliphatic carbocycles. The van der Waals surface area contributed by atoms with E-state index in [2.05, 4.69) is 30.6 Å². The fraction of sp³-hybridized carbons (Fsp3) is 0.375. The van der Waals surface area contributed by atoms with Crippen molar-refractivity contribution in [2.24, 2.45) is 0 Å². The summed E-state index contributed by atoms with van der Waals surface area (Å²) >= 11 is 4.44. The van der Waals surface area contributed by atoms with Crippen molar-refractivity contribution in [3.05, 3.63) is 22.6 Å². The summed E-state index contributed by atoms with van der Waals surface area (Å²) < 4.78 is 4.53. The van der Waals surface area contributed by atoms with Gasteiger partial charge in [-0.15, -0.1) is 0 Å². The fourth-order valence-electron chi connectivity index (χ4n) is 0.773. The second-order valence-corrected chi connectivity index (χ2v) is 4.65. The van der Waals surface area contributed by atoms with Crippen LogP contribution in [0.3, 0.4) is 0 Å². The Morgan fingerprint density at radius 1 is 1.80 bits per heavy atom. The average molecular weight is 293 g/mol. The molecule has 5 nitrogen and oxygen atoms in total. The van der Waals surface area contributed by atoms with Crippen LogP contribution in [0.15, 0.2) is 22.2 Å². The number of esters is 1. The average Bonchev–Trinajstić information content (AvgIpc) is 2.25. The summed E-state index contributed by atoms with van der Waals surface area (Å²) in [7, 11) is 1.32.